The minimum Gasteiger partial charge on any atom is -0.293 e. The SMILES string of the molecule is [C-]#[N+]c1c(F)c(F)c2c(c1F)C(=O)C1C(F)=C(C)C(F)=C(F)C1C2=O. The van der Waals surface area contributed by atoms with Crippen molar-refractivity contribution >= 4 is 17.3 Å². The number of nitrogens with zero attached hydrogens (tertiary/aromatic N) is 1. The quantitative estimate of drug-likeness (QED) is 0.384. The van der Waals surface area contributed by atoms with Gasteiger partial charge in [-0.25, -0.2) is 31.2 Å². The highest BCUT2D eigenvalue weighted by molar-refractivity contribution is 6.18. The van der Waals surface area contributed by atoms with Gasteiger partial charge in [-0.1, -0.05) is 0 Å². The Bertz CT molecular complexity index is 986. The van der Waals surface area contributed by atoms with Crippen LogP contribution in [0, 0.1) is 35.9 Å². The fourth-order valence-corrected chi connectivity index (χ4v) is 3.00. The van der Waals surface area contributed by atoms with Crippen molar-refractivity contribution in [2.75, 3.05) is 0 Å². The smallest absolute Gasteiger partial charge is 0.260 e. The Kier molecular flexibility index (Phi) is 3.60. The van der Waals surface area contributed by atoms with Crippen LogP contribution in [0.2, 0.25) is 0 Å². The first-order valence-corrected chi connectivity index (χ1v) is 6.73. The number of hydrogen-bond acceptors (Lipinski definition) is 2. The molecule has 0 radical (unpaired) electrons. The molecule has 9 heteroatoms. The van der Waals surface area contributed by atoms with Gasteiger partial charge in [0.05, 0.1) is 29.5 Å². The van der Waals surface area contributed by atoms with Gasteiger partial charge in [0.2, 0.25) is 0 Å². The molecule has 0 fully saturated rings. The average molecular weight is 357 g/mol. The number of fused-ring (bicyclic) bond motifs is 2. The number of rotatable bonds is 0. The highest BCUT2D eigenvalue weighted by Gasteiger charge is 2.53. The van der Waals surface area contributed by atoms with Crippen molar-refractivity contribution in [3.63, 3.8) is 0 Å². The Morgan fingerprint density at radius 2 is 1.28 bits per heavy atom. The summed E-state index contributed by atoms with van der Waals surface area (Å²) in [4.78, 5) is 27.1. The largest absolute Gasteiger partial charge is 0.293 e. The lowest BCUT2D eigenvalue weighted by Crippen LogP contribution is -2.41. The summed E-state index contributed by atoms with van der Waals surface area (Å²) >= 11 is 0. The molecular formula is C16H5F6NO2. The van der Waals surface area contributed by atoms with Gasteiger partial charge in [-0.3, -0.25) is 9.59 Å². The van der Waals surface area contributed by atoms with E-state index >= 15 is 0 Å². The molecule has 0 saturated carbocycles. The number of hydrogen-bond donors (Lipinski definition) is 0. The van der Waals surface area contributed by atoms with E-state index in [9.17, 15) is 35.9 Å². The summed E-state index contributed by atoms with van der Waals surface area (Å²) in [6.45, 7) is 7.45. The number of carbonyl (C=O) groups is 2. The normalized spacial score (nSPS) is 22.8. The molecule has 2 aliphatic carbocycles. The van der Waals surface area contributed by atoms with Crippen molar-refractivity contribution in [2.24, 2.45) is 11.8 Å². The monoisotopic (exact) mass is 357 g/mol. The number of carbonyl (C=O) groups excluding carboxylic acids is 2. The Balaban J connectivity index is 2.42. The molecule has 2 aliphatic rings. The average Bonchev–Trinajstić information content (AvgIpc) is 2.57. The van der Waals surface area contributed by atoms with E-state index < -0.39 is 80.7 Å². The van der Waals surface area contributed by atoms with Gasteiger partial charge < -0.3 is 0 Å². The zero-order chi connectivity index (χ0) is 18.8. The fraction of sp³-hybridized carbons (Fsp3) is 0.188. The Labute approximate surface area is 136 Å². The predicted octanol–water partition coefficient (Wildman–Crippen LogP) is 4.67. The van der Waals surface area contributed by atoms with Crippen LogP contribution < -0.4 is 0 Å². The maximum atomic E-state index is 14.3. The van der Waals surface area contributed by atoms with Crippen molar-refractivity contribution in [3.8, 4) is 0 Å². The minimum absolute atomic E-state index is 0.805. The molecule has 0 heterocycles. The standard InChI is InChI=1S/C16H5F6NO2/c1-3-8(17)4-5(10(19)9(3)18)16(25)6-7(15(4)24)12(21)14(23-2)13(22)11(6)20/h4-5H,1H3. The van der Waals surface area contributed by atoms with E-state index in [1.54, 1.807) is 0 Å². The van der Waals surface area contributed by atoms with Crippen molar-refractivity contribution in [1.82, 2.24) is 0 Å². The fourth-order valence-electron chi connectivity index (χ4n) is 3.00. The molecule has 1 aromatic rings. The predicted molar refractivity (Wildman–Crippen MR) is 71.3 cm³/mol. The molecule has 2 unspecified atom stereocenters. The van der Waals surface area contributed by atoms with Crippen molar-refractivity contribution in [3.05, 3.63) is 63.0 Å². The second-order valence-corrected chi connectivity index (χ2v) is 5.47. The molecule has 0 spiro atoms. The van der Waals surface area contributed by atoms with Gasteiger partial charge in [0, 0.05) is 5.57 Å². The number of ketones is 2. The summed E-state index contributed by atoms with van der Waals surface area (Å²) in [6, 6.07) is 0. The summed E-state index contributed by atoms with van der Waals surface area (Å²) in [5.41, 5.74) is -5.18. The van der Waals surface area contributed by atoms with Gasteiger partial charge in [0.15, 0.2) is 29.0 Å². The molecule has 0 saturated heterocycles. The molecule has 2 atom stereocenters. The summed E-state index contributed by atoms with van der Waals surface area (Å²) in [7, 11) is 0. The van der Waals surface area contributed by atoms with Gasteiger partial charge in [-0.15, -0.1) is 0 Å². The van der Waals surface area contributed by atoms with Gasteiger partial charge >= 0.3 is 0 Å². The Hall–Kier alpha value is -2.89. The summed E-state index contributed by atoms with van der Waals surface area (Å²) in [5.74, 6) is -18.9. The van der Waals surface area contributed by atoms with E-state index in [-0.39, 0.29) is 0 Å². The molecule has 128 valence electrons. The van der Waals surface area contributed by atoms with E-state index in [4.69, 9.17) is 6.57 Å². The van der Waals surface area contributed by atoms with Crippen LogP contribution in [0.15, 0.2) is 23.1 Å². The van der Waals surface area contributed by atoms with E-state index in [1.165, 1.54) is 0 Å². The lowest BCUT2D eigenvalue weighted by Gasteiger charge is -2.32. The topological polar surface area (TPSA) is 38.5 Å². The maximum absolute atomic E-state index is 14.3. The minimum atomic E-state index is -2.39. The van der Waals surface area contributed by atoms with Crippen LogP contribution in [-0.2, 0) is 0 Å². The number of halogens is 6. The molecule has 0 aliphatic heterocycles. The first-order chi connectivity index (χ1) is 11.6. The molecule has 0 N–H and O–H groups in total. The number of Topliss-reactive ketones (excluding diaryl/α,β-unsaturated/α-hetero) is 2. The highest BCUT2D eigenvalue weighted by Crippen LogP contribution is 2.48. The second-order valence-electron chi connectivity index (χ2n) is 5.47. The third kappa shape index (κ3) is 1.94. The van der Waals surface area contributed by atoms with Gasteiger partial charge in [-0.05, 0) is 6.92 Å². The van der Waals surface area contributed by atoms with E-state index in [1.807, 2.05) is 0 Å². The van der Waals surface area contributed by atoms with Crippen LogP contribution in [0.3, 0.4) is 0 Å². The van der Waals surface area contributed by atoms with Crippen LogP contribution >= 0.6 is 0 Å². The molecule has 1 aromatic carbocycles. The van der Waals surface area contributed by atoms with Crippen LogP contribution in [0.4, 0.5) is 32.0 Å². The maximum Gasteiger partial charge on any atom is 0.260 e. The molecule has 3 nitrogen and oxygen atoms in total. The molecule has 0 aromatic heterocycles. The van der Waals surface area contributed by atoms with Crippen LogP contribution in [-0.4, -0.2) is 11.6 Å². The van der Waals surface area contributed by atoms with Gasteiger partial charge in [0.1, 0.15) is 17.5 Å². The first kappa shape index (κ1) is 17.0. The lowest BCUT2D eigenvalue weighted by atomic mass is 9.69. The lowest BCUT2D eigenvalue weighted by molar-refractivity contribution is 0.0733. The number of benzene rings is 1. The number of allylic oxidation sites excluding steroid dienone is 4. The molecule has 25 heavy (non-hydrogen) atoms. The Morgan fingerprint density at radius 1 is 0.800 bits per heavy atom. The van der Waals surface area contributed by atoms with Crippen molar-refractivity contribution in [1.29, 1.82) is 0 Å². The highest BCUT2D eigenvalue weighted by atomic mass is 19.2. The van der Waals surface area contributed by atoms with Crippen LogP contribution in [0.25, 0.3) is 4.85 Å². The molecule has 0 amide bonds. The zero-order valence-electron chi connectivity index (χ0n) is 12.2. The summed E-state index contributed by atoms with van der Waals surface area (Å²) in [6.07, 6.45) is 0. The first-order valence-electron chi connectivity index (χ1n) is 6.73. The molecular weight excluding hydrogens is 352 g/mol. The third-order valence-electron chi connectivity index (χ3n) is 4.24. The van der Waals surface area contributed by atoms with E-state index in [0.717, 1.165) is 6.92 Å². The second kappa shape index (κ2) is 5.31. The molecule has 0 bridgehead atoms. The van der Waals surface area contributed by atoms with E-state index in [0.29, 0.717) is 0 Å². The van der Waals surface area contributed by atoms with Crippen molar-refractivity contribution in [2.45, 2.75) is 6.92 Å². The van der Waals surface area contributed by atoms with Crippen LogP contribution in [0.5, 0.6) is 0 Å². The van der Waals surface area contributed by atoms with Crippen LogP contribution in [0.1, 0.15) is 27.6 Å². The molecule has 3 rings (SSSR count). The zero-order valence-corrected chi connectivity index (χ0v) is 12.2. The third-order valence-corrected chi connectivity index (χ3v) is 4.24. The van der Waals surface area contributed by atoms with Gasteiger partial charge in [-0.2, -0.15) is 0 Å². The Morgan fingerprint density at radius 3 is 1.80 bits per heavy atom. The van der Waals surface area contributed by atoms with E-state index in [2.05, 4.69) is 4.85 Å². The van der Waals surface area contributed by atoms with Gasteiger partial charge in [0.25, 0.3) is 5.69 Å². The van der Waals surface area contributed by atoms with Crippen molar-refractivity contribution < 1.29 is 35.9 Å². The summed E-state index contributed by atoms with van der Waals surface area (Å²) < 4.78 is 84.2. The summed E-state index contributed by atoms with van der Waals surface area (Å²) in [5, 5.41) is 0.